The van der Waals surface area contributed by atoms with E-state index in [1.54, 1.807) is 7.05 Å². The third-order valence-electron chi connectivity index (χ3n) is 5.43. The van der Waals surface area contributed by atoms with Crippen molar-refractivity contribution in [2.24, 2.45) is 7.05 Å². The molecule has 0 fully saturated rings. The van der Waals surface area contributed by atoms with Gasteiger partial charge in [0.05, 0.1) is 34.7 Å². The fourth-order valence-corrected chi connectivity index (χ4v) is 3.66. The maximum Gasteiger partial charge on any atom is 0.416 e. The van der Waals surface area contributed by atoms with Crippen LogP contribution < -0.4 is 5.73 Å². The summed E-state index contributed by atoms with van der Waals surface area (Å²) in [4.78, 5) is 30.3. The van der Waals surface area contributed by atoms with E-state index in [1.165, 1.54) is 29.1 Å². The number of carbonyl (C=O) groups excluding carboxylic acids is 2. The molecule has 0 unspecified atom stereocenters. The molecular formula is C23H20F4N6O2. The highest BCUT2D eigenvalue weighted by atomic mass is 19.4. The molecule has 4 aromatic rings. The number of nitrogens with two attached hydrogens (primary N) is 1. The van der Waals surface area contributed by atoms with E-state index in [-0.39, 0.29) is 22.5 Å². The number of alkyl halides is 3. The number of aryl methyl sites for hydroxylation is 1. The Hall–Kier alpha value is -4.22. The first kappa shape index (κ1) is 20.2. The Morgan fingerprint density at radius 2 is 1.91 bits per heavy atom. The lowest BCUT2D eigenvalue weighted by atomic mass is 10.1. The van der Waals surface area contributed by atoms with Gasteiger partial charge in [0, 0.05) is 41.6 Å². The maximum absolute atomic E-state index is 14.7. The molecule has 35 heavy (non-hydrogen) atoms. The lowest BCUT2D eigenvalue weighted by molar-refractivity contribution is -0.140. The minimum atomic E-state index is -4.82. The lowest BCUT2D eigenvalue weighted by Crippen LogP contribution is -2.46. The number of aromatic nitrogens is 3. The number of carbonyl (C=O) groups is 2. The lowest BCUT2D eigenvalue weighted by Gasteiger charge is -2.31. The van der Waals surface area contributed by atoms with E-state index >= 15 is 0 Å². The normalized spacial score (nSPS) is 13.4. The number of nitrogen functional groups attached to an aromatic ring is 1. The molecule has 2 heterocycles. The standard InChI is InChI=1S/C23H20F4N6O2/c1-12(34)32(3)33(11-14-4-6-15(9-18(14)24)23(25,26)27)22(35)13-5-7-19-16(8-13)20-17(21(28)30-19)10-29-31(20)2/h4-10H,11H2,1-3H3,(H2,28,30)/i3D3. The monoisotopic (exact) mass is 491 g/mol. The topological polar surface area (TPSA) is 97.3 Å². The van der Waals surface area contributed by atoms with Gasteiger partial charge in [-0.25, -0.2) is 14.4 Å². The average Bonchev–Trinajstić information content (AvgIpc) is 3.20. The van der Waals surface area contributed by atoms with Crippen molar-refractivity contribution in [1.29, 1.82) is 0 Å². The number of hydrazine groups is 1. The molecule has 0 bridgehead atoms. The van der Waals surface area contributed by atoms with Crippen LogP contribution in [0.4, 0.5) is 23.4 Å². The van der Waals surface area contributed by atoms with E-state index in [4.69, 9.17) is 9.85 Å². The number of pyridine rings is 1. The quantitative estimate of drug-likeness (QED) is 0.346. The first-order valence-electron chi connectivity index (χ1n) is 11.6. The van der Waals surface area contributed by atoms with Crippen molar-refractivity contribution >= 4 is 39.4 Å². The Labute approximate surface area is 200 Å². The molecule has 0 atom stereocenters. The van der Waals surface area contributed by atoms with E-state index in [0.717, 1.165) is 13.0 Å². The summed E-state index contributed by atoms with van der Waals surface area (Å²) < 4.78 is 78.5. The number of amides is 2. The zero-order valence-corrected chi connectivity index (χ0v) is 18.4. The number of benzene rings is 2. The van der Waals surface area contributed by atoms with Crippen LogP contribution in [0.3, 0.4) is 0 Å². The molecule has 2 aromatic carbocycles. The summed E-state index contributed by atoms with van der Waals surface area (Å²) in [5.41, 5.74) is 5.11. The van der Waals surface area contributed by atoms with Gasteiger partial charge in [-0.3, -0.25) is 19.3 Å². The number of nitrogens with zero attached hydrogens (tertiary/aromatic N) is 5. The fourth-order valence-electron chi connectivity index (χ4n) is 3.66. The number of halogens is 4. The number of fused-ring (bicyclic) bond motifs is 3. The number of rotatable bonds is 3. The highest BCUT2D eigenvalue weighted by Crippen LogP contribution is 2.31. The van der Waals surface area contributed by atoms with Gasteiger partial charge in [0.15, 0.2) is 0 Å². The molecule has 0 aliphatic heterocycles. The van der Waals surface area contributed by atoms with Crippen molar-refractivity contribution < 1.29 is 31.3 Å². The third-order valence-corrected chi connectivity index (χ3v) is 5.43. The van der Waals surface area contributed by atoms with Gasteiger partial charge >= 0.3 is 6.18 Å². The first-order valence-corrected chi connectivity index (χ1v) is 10.1. The molecule has 2 aromatic heterocycles. The Kier molecular flexibility index (Phi) is 4.92. The smallest absolute Gasteiger partial charge is 0.383 e. The highest BCUT2D eigenvalue weighted by molar-refractivity contribution is 6.10. The largest absolute Gasteiger partial charge is 0.416 e. The maximum atomic E-state index is 14.7. The van der Waals surface area contributed by atoms with Crippen LogP contribution in [-0.4, -0.2) is 43.6 Å². The molecule has 8 nitrogen and oxygen atoms in total. The molecular weight excluding hydrogens is 468 g/mol. The summed E-state index contributed by atoms with van der Waals surface area (Å²) in [7, 11) is 1.64. The minimum absolute atomic E-state index is 0.102. The van der Waals surface area contributed by atoms with Crippen LogP contribution in [0.15, 0.2) is 42.6 Å². The van der Waals surface area contributed by atoms with Crippen LogP contribution in [0.1, 0.15) is 32.5 Å². The van der Waals surface area contributed by atoms with Gasteiger partial charge in [-0.2, -0.15) is 18.3 Å². The van der Waals surface area contributed by atoms with E-state index in [0.29, 0.717) is 32.9 Å². The average molecular weight is 491 g/mol. The van der Waals surface area contributed by atoms with E-state index in [1.807, 2.05) is 0 Å². The van der Waals surface area contributed by atoms with E-state index in [9.17, 15) is 27.2 Å². The van der Waals surface area contributed by atoms with Gasteiger partial charge in [0.25, 0.3) is 5.91 Å². The Morgan fingerprint density at radius 1 is 1.17 bits per heavy atom. The SMILES string of the molecule is [2H]C([2H])([2H])N(C(C)=O)N(Cc1ccc(C(F)(F)F)cc1F)C(=O)c1ccc2nc(N)c3cnn(C)c3c2c1. The van der Waals surface area contributed by atoms with Crippen LogP contribution in [0.2, 0.25) is 0 Å². The Balaban J connectivity index is 1.85. The first-order chi connectivity index (χ1) is 17.6. The summed E-state index contributed by atoms with van der Waals surface area (Å²) >= 11 is 0. The number of hydrogen-bond acceptors (Lipinski definition) is 5. The van der Waals surface area contributed by atoms with Gasteiger partial charge in [0.1, 0.15) is 11.6 Å². The number of hydrogen-bond donors (Lipinski definition) is 1. The molecule has 182 valence electrons. The Bertz CT molecular complexity index is 1590. The second-order valence-electron chi connectivity index (χ2n) is 7.76. The van der Waals surface area contributed by atoms with Crippen LogP contribution in [0, 0.1) is 5.82 Å². The molecule has 0 spiro atoms. The summed E-state index contributed by atoms with van der Waals surface area (Å²) in [6.07, 6.45) is -3.34. The molecule has 12 heteroatoms. The van der Waals surface area contributed by atoms with Gasteiger partial charge in [-0.05, 0) is 30.3 Å². The highest BCUT2D eigenvalue weighted by Gasteiger charge is 2.32. The van der Waals surface area contributed by atoms with Crippen LogP contribution in [-0.2, 0) is 24.6 Å². The van der Waals surface area contributed by atoms with Crippen LogP contribution >= 0.6 is 0 Å². The molecule has 0 aliphatic carbocycles. The predicted octanol–water partition coefficient (Wildman–Crippen LogP) is 3.90. The molecule has 2 N–H and O–H groups in total. The molecule has 0 saturated carbocycles. The summed E-state index contributed by atoms with van der Waals surface area (Å²) in [5, 5.41) is 5.72. The summed E-state index contributed by atoms with van der Waals surface area (Å²) in [6.45, 7) is -3.13. The molecule has 0 radical (unpaired) electrons. The zero-order chi connectivity index (χ0) is 28.2. The zero-order valence-electron chi connectivity index (χ0n) is 21.4. The van der Waals surface area contributed by atoms with Crippen molar-refractivity contribution in [2.75, 3.05) is 12.7 Å². The summed E-state index contributed by atoms with van der Waals surface area (Å²) in [6, 6.07) is 5.77. The predicted molar refractivity (Wildman–Crippen MR) is 120 cm³/mol. The van der Waals surface area contributed by atoms with Gasteiger partial charge in [0.2, 0.25) is 5.91 Å². The van der Waals surface area contributed by atoms with Crippen molar-refractivity contribution in [3.8, 4) is 0 Å². The molecule has 2 amide bonds. The summed E-state index contributed by atoms with van der Waals surface area (Å²) in [5.74, 6) is -3.23. The molecule has 4 rings (SSSR count). The van der Waals surface area contributed by atoms with Gasteiger partial charge < -0.3 is 5.73 Å². The fraction of sp³-hybridized carbons (Fsp3) is 0.217. The second kappa shape index (κ2) is 8.53. The minimum Gasteiger partial charge on any atom is -0.383 e. The van der Waals surface area contributed by atoms with E-state index < -0.39 is 48.5 Å². The molecule has 0 aliphatic rings. The van der Waals surface area contributed by atoms with Crippen LogP contribution in [0.5, 0.6) is 0 Å². The van der Waals surface area contributed by atoms with Gasteiger partial charge in [-0.15, -0.1) is 0 Å². The van der Waals surface area contributed by atoms with Crippen LogP contribution in [0.25, 0.3) is 21.8 Å². The van der Waals surface area contributed by atoms with E-state index in [2.05, 4.69) is 10.1 Å². The Morgan fingerprint density at radius 3 is 2.54 bits per heavy atom. The molecule has 0 saturated heterocycles. The third kappa shape index (κ3) is 4.34. The van der Waals surface area contributed by atoms with Gasteiger partial charge in [-0.1, -0.05) is 6.07 Å². The van der Waals surface area contributed by atoms with Crippen molar-refractivity contribution in [2.45, 2.75) is 19.6 Å². The van der Waals surface area contributed by atoms with Crippen molar-refractivity contribution in [1.82, 2.24) is 24.8 Å². The second-order valence-corrected chi connectivity index (χ2v) is 7.76. The van der Waals surface area contributed by atoms with Crippen molar-refractivity contribution in [3.05, 3.63) is 65.1 Å². The number of anilines is 1. The van der Waals surface area contributed by atoms with Crippen molar-refractivity contribution in [3.63, 3.8) is 0 Å².